The quantitative estimate of drug-likeness (QED) is 0.923. The van der Waals surface area contributed by atoms with Crippen LogP contribution < -0.4 is 5.14 Å². The number of furan rings is 1. The second-order valence-corrected chi connectivity index (χ2v) is 6.74. The lowest BCUT2D eigenvalue weighted by atomic mass is 10.1. The maximum atomic E-state index is 12.3. The van der Waals surface area contributed by atoms with Crippen LogP contribution in [0.25, 0.3) is 0 Å². The summed E-state index contributed by atoms with van der Waals surface area (Å²) in [5, 5.41) is 5.19. The molecule has 0 saturated heterocycles. The molecule has 1 amide bonds. The molecular weight excluding hydrogens is 328 g/mol. The summed E-state index contributed by atoms with van der Waals surface area (Å²) in [7, 11) is -2.11. The minimum Gasteiger partial charge on any atom is -0.440 e. The zero-order valence-corrected chi connectivity index (χ0v) is 13.6. The van der Waals surface area contributed by atoms with Gasteiger partial charge in [-0.1, -0.05) is 12.1 Å². The summed E-state index contributed by atoms with van der Waals surface area (Å²) in [5.41, 5.74) is 0.765. The predicted octanol–water partition coefficient (Wildman–Crippen LogP) is 2.41. The van der Waals surface area contributed by atoms with Crippen LogP contribution in [0.2, 0.25) is 5.22 Å². The van der Waals surface area contributed by atoms with Crippen molar-refractivity contribution in [2.24, 2.45) is 5.14 Å². The smallest absolute Gasteiger partial charge is 0.289 e. The Hall–Kier alpha value is -1.83. The van der Waals surface area contributed by atoms with Crippen LogP contribution >= 0.6 is 11.6 Å². The molecule has 0 aliphatic heterocycles. The Balaban J connectivity index is 2.20. The van der Waals surface area contributed by atoms with E-state index < -0.39 is 10.0 Å². The third-order valence-electron chi connectivity index (χ3n) is 3.38. The van der Waals surface area contributed by atoms with Crippen LogP contribution in [0.1, 0.15) is 29.1 Å². The van der Waals surface area contributed by atoms with E-state index in [2.05, 4.69) is 0 Å². The van der Waals surface area contributed by atoms with Crippen molar-refractivity contribution in [1.29, 1.82) is 0 Å². The average molecular weight is 343 g/mol. The lowest BCUT2D eigenvalue weighted by Gasteiger charge is -2.24. The maximum Gasteiger partial charge on any atom is 0.289 e. The highest BCUT2D eigenvalue weighted by atomic mass is 35.5. The van der Waals surface area contributed by atoms with Crippen molar-refractivity contribution in [2.45, 2.75) is 17.9 Å². The molecule has 8 heteroatoms. The van der Waals surface area contributed by atoms with Crippen LogP contribution in [0.4, 0.5) is 0 Å². The topological polar surface area (TPSA) is 93.6 Å². The van der Waals surface area contributed by atoms with Gasteiger partial charge in [0.2, 0.25) is 10.0 Å². The molecule has 118 valence electrons. The Kier molecular flexibility index (Phi) is 4.60. The monoisotopic (exact) mass is 342 g/mol. The number of nitrogens with zero attached hydrogens (tertiary/aromatic N) is 1. The highest BCUT2D eigenvalue weighted by Crippen LogP contribution is 2.23. The number of primary sulfonamides is 1. The maximum absolute atomic E-state index is 12.3. The second kappa shape index (κ2) is 6.12. The number of hydrogen-bond donors (Lipinski definition) is 1. The first kappa shape index (κ1) is 16.5. The van der Waals surface area contributed by atoms with Gasteiger partial charge in [0, 0.05) is 7.05 Å². The van der Waals surface area contributed by atoms with Gasteiger partial charge < -0.3 is 9.32 Å². The molecule has 1 aromatic carbocycles. The molecule has 0 unspecified atom stereocenters. The van der Waals surface area contributed by atoms with Gasteiger partial charge >= 0.3 is 0 Å². The lowest BCUT2D eigenvalue weighted by Crippen LogP contribution is -2.29. The zero-order chi connectivity index (χ0) is 16.5. The molecule has 6 nitrogen and oxygen atoms in total. The van der Waals surface area contributed by atoms with Crippen molar-refractivity contribution >= 4 is 27.5 Å². The number of rotatable bonds is 4. The van der Waals surface area contributed by atoms with Crippen molar-refractivity contribution in [1.82, 2.24) is 4.90 Å². The van der Waals surface area contributed by atoms with Crippen molar-refractivity contribution < 1.29 is 17.6 Å². The van der Waals surface area contributed by atoms with E-state index >= 15 is 0 Å². The molecule has 0 spiro atoms. The summed E-state index contributed by atoms with van der Waals surface area (Å²) in [6, 6.07) is 8.75. The van der Waals surface area contributed by atoms with Crippen molar-refractivity contribution in [3.05, 3.63) is 52.9 Å². The van der Waals surface area contributed by atoms with Crippen LogP contribution in [0, 0.1) is 0 Å². The number of nitrogens with two attached hydrogens (primary N) is 1. The highest BCUT2D eigenvalue weighted by molar-refractivity contribution is 7.89. The number of carbonyl (C=O) groups excluding carboxylic acids is 1. The fourth-order valence-electron chi connectivity index (χ4n) is 1.94. The van der Waals surface area contributed by atoms with Crippen LogP contribution in [0.15, 0.2) is 45.7 Å². The number of sulfonamides is 1. The molecule has 0 fully saturated rings. The van der Waals surface area contributed by atoms with E-state index in [0.717, 1.165) is 5.56 Å². The van der Waals surface area contributed by atoms with E-state index in [1.165, 1.54) is 29.2 Å². The Labute approximate surface area is 133 Å². The molecule has 0 aliphatic rings. The van der Waals surface area contributed by atoms with Gasteiger partial charge in [-0.2, -0.15) is 0 Å². The van der Waals surface area contributed by atoms with Gasteiger partial charge in [-0.15, -0.1) is 0 Å². The van der Waals surface area contributed by atoms with Crippen molar-refractivity contribution in [3.63, 3.8) is 0 Å². The molecule has 0 aliphatic carbocycles. The minimum atomic E-state index is -3.73. The van der Waals surface area contributed by atoms with Gasteiger partial charge in [-0.3, -0.25) is 4.79 Å². The van der Waals surface area contributed by atoms with Gasteiger partial charge in [0.05, 0.1) is 10.9 Å². The molecular formula is C14H15ClN2O4S. The van der Waals surface area contributed by atoms with E-state index in [9.17, 15) is 13.2 Å². The van der Waals surface area contributed by atoms with Crippen LogP contribution in [0.5, 0.6) is 0 Å². The fraction of sp³-hybridized carbons (Fsp3) is 0.214. The van der Waals surface area contributed by atoms with Crippen molar-refractivity contribution in [2.75, 3.05) is 7.05 Å². The number of halogens is 1. The minimum absolute atomic E-state index is 0.0234. The van der Waals surface area contributed by atoms with E-state index in [1.807, 2.05) is 6.92 Å². The average Bonchev–Trinajstić information content (AvgIpc) is 2.90. The number of benzene rings is 1. The summed E-state index contributed by atoms with van der Waals surface area (Å²) >= 11 is 5.66. The summed E-state index contributed by atoms with van der Waals surface area (Å²) in [4.78, 5) is 13.8. The Morgan fingerprint density at radius 2 is 1.82 bits per heavy atom. The Bertz CT molecular complexity index is 783. The van der Waals surface area contributed by atoms with E-state index in [1.54, 1.807) is 19.2 Å². The summed E-state index contributed by atoms with van der Waals surface area (Å²) < 4.78 is 27.6. The fourth-order valence-corrected chi connectivity index (χ4v) is 2.60. The van der Waals surface area contributed by atoms with E-state index in [4.69, 9.17) is 21.2 Å². The molecule has 0 saturated carbocycles. The second-order valence-electron chi connectivity index (χ2n) is 4.81. The number of hydrogen-bond acceptors (Lipinski definition) is 4. The van der Waals surface area contributed by atoms with Crippen LogP contribution in [-0.4, -0.2) is 26.3 Å². The molecule has 0 bridgehead atoms. The first-order valence-corrected chi connectivity index (χ1v) is 8.28. The van der Waals surface area contributed by atoms with Gasteiger partial charge in [-0.25, -0.2) is 13.6 Å². The van der Waals surface area contributed by atoms with Gasteiger partial charge in [0.15, 0.2) is 11.0 Å². The Morgan fingerprint density at radius 1 is 1.23 bits per heavy atom. The van der Waals surface area contributed by atoms with Gasteiger partial charge in [-0.05, 0) is 48.4 Å². The Morgan fingerprint density at radius 3 is 2.27 bits per heavy atom. The SMILES string of the molecule is C[C@H](c1ccc(S(N)(=O)=O)cc1)N(C)C(=O)c1ccc(Cl)o1. The predicted molar refractivity (Wildman–Crippen MR) is 82.0 cm³/mol. The summed E-state index contributed by atoms with van der Waals surface area (Å²) in [5.74, 6) is -0.185. The molecule has 22 heavy (non-hydrogen) atoms. The zero-order valence-electron chi connectivity index (χ0n) is 12.0. The number of carbonyl (C=O) groups is 1. The summed E-state index contributed by atoms with van der Waals surface area (Å²) in [6.45, 7) is 1.81. The van der Waals surface area contributed by atoms with E-state index in [0.29, 0.717) is 0 Å². The van der Waals surface area contributed by atoms with Gasteiger partial charge in [0.1, 0.15) is 0 Å². The van der Waals surface area contributed by atoms with Crippen LogP contribution in [0.3, 0.4) is 0 Å². The standard InChI is InChI=1S/C14H15ClN2O4S/c1-9(10-3-5-11(6-4-10)22(16,19)20)17(2)14(18)12-7-8-13(15)21-12/h3-9H,1-2H3,(H2,16,19,20)/t9-/m1/s1. The van der Waals surface area contributed by atoms with Crippen LogP contribution in [-0.2, 0) is 10.0 Å². The van der Waals surface area contributed by atoms with Crippen molar-refractivity contribution in [3.8, 4) is 0 Å². The summed E-state index contributed by atoms with van der Waals surface area (Å²) in [6.07, 6.45) is 0. The first-order valence-electron chi connectivity index (χ1n) is 6.35. The highest BCUT2D eigenvalue weighted by Gasteiger charge is 2.22. The third kappa shape index (κ3) is 3.49. The molecule has 2 N–H and O–H groups in total. The molecule has 2 rings (SSSR count). The molecule has 1 aromatic heterocycles. The molecule has 0 radical (unpaired) electrons. The van der Waals surface area contributed by atoms with E-state index in [-0.39, 0.29) is 27.8 Å². The van der Waals surface area contributed by atoms with Gasteiger partial charge in [0.25, 0.3) is 5.91 Å². The molecule has 2 aromatic rings. The molecule has 1 atom stereocenters. The molecule has 1 heterocycles. The number of amides is 1. The lowest BCUT2D eigenvalue weighted by molar-refractivity contribution is 0.0710. The normalized spacial score (nSPS) is 12.9. The third-order valence-corrected chi connectivity index (χ3v) is 4.51. The first-order chi connectivity index (χ1) is 10.2. The largest absolute Gasteiger partial charge is 0.440 e.